The first-order valence-electron chi connectivity index (χ1n) is 8.66. The molecule has 1 aliphatic rings. The van der Waals surface area contributed by atoms with Crippen LogP contribution in [-0.2, 0) is 4.79 Å². The van der Waals surface area contributed by atoms with Crippen LogP contribution < -0.4 is 10.2 Å². The summed E-state index contributed by atoms with van der Waals surface area (Å²) in [5, 5.41) is 21.1. The van der Waals surface area contributed by atoms with Gasteiger partial charge in [-0.05, 0) is 55.5 Å². The number of hydrogen-bond acceptors (Lipinski definition) is 5. The second kappa shape index (κ2) is 7.89. The standard InChI is InChI=1S/C20H22N4O2/c1-15(20(26)22-17-4-2-16(14-21)3-5-17)23-10-12-24(13-11-23)18-6-8-19(25)9-7-18/h2-9,15,25H,10-13H2,1H3,(H,22,26)/t15-/m0/s1. The molecule has 1 aliphatic heterocycles. The summed E-state index contributed by atoms with van der Waals surface area (Å²) in [6, 6.07) is 15.9. The average molecular weight is 350 g/mol. The molecule has 6 nitrogen and oxygen atoms in total. The maximum atomic E-state index is 12.5. The summed E-state index contributed by atoms with van der Waals surface area (Å²) in [7, 11) is 0. The Morgan fingerprint density at radius 1 is 1.08 bits per heavy atom. The summed E-state index contributed by atoms with van der Waals surface area (Å²) in [5.41, 5.74) is 2.35. The number of phenolic OH excluding ortho intramolecular Hbond substituents is 1. The Hall–Kier alpha value is -3.04. The fraction of sp³-hybridized carbons (Fsp3) is 0.300. The van der Waals surface area contributed by atoms with Crippen molar-refractivity contribution in [2.45, 2.75) is 13.0 Å². The van der Waals surface area contributed by atoms with Gasteiger partial charge in [-0.3, -0.25) is 9.69 Å². The molecule has 1 saturated heterocycles. The maximum Gasteiger partial charge on any atom is 0.241 e. The van der Waals surface area contributed by atoms with Crippen molar-refractivity contribution < 1.29 is 9.90 Å². The number of carbonyl (C=O) groups is 1. The Morgan fingerprint density at radius 2 is 1.69 bits per heavy atom. The van der Waals surface area contributed by atoms with Crippen molar-refractivity contribution in [2.24, 2.45) is 0 Å². The van der Waals surface area contributed by atoms with Crippen molar-refractivity contribution in [2.75, 3.05) is 36.4 Å². The first kappa shape index (κ1) is 17.8. The van der Waals surface area contributed by atoms with E-state index in [0.29, 0.717) is 11.3 Å². The topological polar surface area (TPSA) is 79.6 Å². The summed E-state index contributed by atoms with van der Waals surface area (Å²) in [6.07, 6.45) is 0. The van der Waals surface area contributed by atoms with Crippen molar-refractivity contribution in [1.82, 2.24) is 4.90 Å². The Kier molecular flexibility index (Phi) is 5.40. The third kappa shape index (κ3) is 4.13. The van der Waals surface area contributed by atoms with Gasteiger partial charge in [-0.25, -0.2) is 0 Å². The first-order valence-corrected chi connectivity index (χ1v) is 8.66. The Bertz CT molecular complexity index is 788. The van der Waals surface area contributed by atoms with E-state index in [9.17, 15) is 9.90 Å². The minimum absolute atomic E-state index is 0.0483. The van der Waals surface area contributed by atoms with E-state index >= 15 is 0 Å². The summed E-state index contributed by atoms with van der Waals surface area (Å²) in [5.74, 6) is 0.216. The number of hydrogen-bond donors (Lipinski definition) is 2. The van der Waals surface area contributed by atoms with E-state index in [-0.39, 0.29) is 17.7 Å². The number of amides is 1. The molecule has 6 heteroatoms. The molecule has 26 heavy (non-hydrogen) atoms. The normalized spacial score (nSPS) is 15.9. The van der Waals surface area contributed by atoms with E-state index in [1.165, 1.54) is 0 Å². The molecule has 0 aliphatic carbocycles. The van der Waals surface area contributed by atoms with Gasteiger partial charge in [0, 0.05) is 37.6 Å². The molecule has 0 spiro atoms. The number of nitrogens with one attached hydrogen (secondary N) is 1. The number of carbonyl (C=O) groups excluding carboxylic acids is 1. The third-order valence-electron chi connectivity index (χ3n) is 4.74. The Morgan fingerprint density at radius 3 is 2.27 bits per heavy atom. The summed E-state index contributed by atoms with van der Waals surface area (Å²) >= 11 is 0. The summed E-state index contributed by atoms with van der Waals surface area (Å²) in [6.45, 7) is 5.17. The molecule has 0 saturated carbocycles. The van der Waals surface area contributed by atoms with Gasteiger partial charge in [0.05, 0.1) is 17.7 Å². The van der Waals surface area contributed by atoms with Crippen molar-refractivity contribution in [3.8, 4) is 11.8 Å². The molecule has 2 aromatic carbocycles. The zero-order chi connectivity index (χ0) is 18.5. The fourth-order valence-electron chi connectivity index (χ4n) is 3.07. The molecule has 0 aromatic heterocycles. The van der Waals surface area contributed by atoms with Gasteiger partial charge < -0.3 is 15.3 Å². The SMILES string of the molecule is C[C@@H](C(=O)Nc1ccc(C#N)cc1)N1CCN(c2ccc(O)cc2)CC1. The molecule has 1 amide bonds. The highest BCUT2D eigenvalue weighted by Crippen LogP contribution is 2.20. The van der Waals surface area contributed by atoms with Gasteiger partial charge >= 0.3 is 0 Å². The number of nitrogens with zero attached hydrogens (tertiary/aromatic N) is 3. The van der Waals surface area contributed by atoms with E-state index < -0.39 is 0 Å². The van der Waals surface area contributed by atoms with Crippen LogP contribution in [0, 0.1) is 11.3 Å². The molecular formula is C20H22N4O2. The first-order chi connectivity index (χ1) is 12.6. The second-order valence-electron chi connectivity index (χ2n) is 6.39. The molecule has 2 N–H and O–H groups in total. The number of piperazine rings is 1. The average Bonchev–Trinajstić information content (AvgIpc) is 2.69. The van der Waals surface area contributed by atoms with Crippen LogP contribution in [0.1, 0.15) is 12.5 Å². The number of benzene rings is 2. The molecule has 1 fully saturated rings. The molecular weight excluding hydrogens is 328 g/mol. The molecule has 0 radical (unpaired) electrons. The highest BCUT2D eigenvalue weighted by molar-refractivity contribution is 5.94. The molecule has 134 valence electrons. The third-order valence-corrected chi connectivity index (χ3v) is 4.74. The van der Waals surface area contributed by atoms with Crippen molar-refractivity contribution >= 4 is 17.3 Å². The van der Waals surface area contributed by atoms with Crippen LogP contribution in [0.2, 0.25) is 0 Å². The predicted octanol–water partition coefficient (Wildman–Crippen LogP) is 2.41. The molecule has 1 heterocycles. The van der Waals surface area contributed by atoms with Crippen molar-refractivity contribution in [3.05, 3.63) is 54.1 Å². The van der Waals surface area contributed by atoms with Crippen LogP contribution in [0.3, 0.4) is 0 Å². The van der Waals surface area contributed by atoms with Gasteiger partial charge in [-0.1, -0.05) is 0 Å². The van der Waals surface area contributed by atoms with Gasteiger partial charge in [0.2, 0.25) is 5.91 Å². The highest BCUT2D eigenvalue weighted by Gasteiger charge is 2.25. The molecule has 2 aromatic rings. The van der Waals surface area contributed by atoms with Crippen LogP contribution in [0.4, 0.5) is 11.4 Å². The lowest BCUT2D eigenvalue weighted by molar-refractivity contribution is -0.120. The number of anilines is 2. The predicted molar refractivity (Wildman–Crippen MR) is 101 cm³/mol. The van der Waals surface area contributed by atoms with Gasteiger partial charge in [0.1, 0.15) is 5.75 Å². The van der Waals surface area contributed by atoms with Crippen LogP contribution in [0.15, 0.2) is 48.5 Å². The van der Waals surface area contributed by atoms with Gasteiger partial charge in [0.25, 0.3) is 0 Å². The van der Waals surface area contributed by atoms with Crippen LogP contribution in [-0.4, -0.2) is 48.1 Å². The van der Waals surface area contributed by atoms with Crippen LogP contribution in [0.5, 0.6) is 5.75 Å². The minimum Gasteiger partial charge on any atom is -0.508 e. The van der Waals surface area contributed by atoms with E-state index in [4.69, 9.17) is 5.26 Å². The number of rotatable bonds is 4. The van der Waals surface area contributed by atoms with Crippen LogP contribution in [0.25, 0.3) is 0 Å². The summed E-state index contributed by atoms with van der Waals surface area (Å²) in [4.78, 5) is 16.9. The quantitative estimate of drug-likeness (QED) is 0.885. The zero-order valence-corrected chi connectivity index (χ0v) is 14.7. The Balaban J connectivity index is 1.53. The van der Waals surface area contributed by atoms with E-state index in [0.717, 1.165) is 31.9 Å². The van der Waals surface area contributed by atoms with E-state index in [1.807, 2.05) is 19.1 Å². The lowest BCUT2D eigenvalue weighted by Crippen LogP contribution is -2.52. The van der Waals surface area contributed by atoms with Gasteiger partial charge in [0.15, 0.2) is 0 Å². The van der Waals surface area contributed by atoms with Gasteiger partial charge in [-0.2, -0.15) is 5.26 Å². The largest absolute Gasteiger partial charge is 0.508 e. The van der Waals surface area contributed by atoms with Gasteiger partial charge in [-0.15, -0.1) is 0 Å². The smallest absolute Gasteiger partial charge is 0.241 e. The number of aromatic hydroxyl groups is 1. The maximum absolute atomic E-state index is 12.5. The number of nitriles is 1. The van der Waals surface area contributed by atoms with E-state index in [1.54, 1.807) is 36.4 Å². The molecule has 1 atom stereocenters. The monoisotopic (exact) mass is 350 g/mol. The van der Waals surface area contributed by atoms with E-state index in [2.05, 4.69) is 21.2 Å². The highest BCUT2D eigenvalue weighted by atomic mass is 16.3. The van der Waals surface area contributed by atoms with Crippen molar-refractivity contribution in [1.29, 1.82) is 5.26 Å². The Labute approximate surface area is 153 Å². The summed E-state index contributed by atoms with van der Waals surface area (Å²) < 4.78 is 0. The lowest BCUT2D eigenvalue weighted by atomic mass is 10.1. The zero-order valence-electron chi connectivity index (χ0n) is 14.7. The van der Waals surface area contributed by atoms with Crippen molar-refractivity contribution in [3.63, 3.8) is 0 Å². The second-order valence-corrected chi connectivity index (χ2v) is 6.39. The molecule has 3 rings (SSSR count). The minimum atomic E-state index is -0.229. The molecule has 0 bridgehead atoms. The van der Waals surface area contributed by atoms with Crippen LogP contribution >= 0.6 is 0 Å². The molecule has 0 unspecified atom stereocenters. The fourth-order valence-corrected chi connectivity index (χ4v) is 3.07. The number of phenols is 1. The lowest BCUT2D eigenvalue weighted by Gasteiger charge is -2.38.